The lowest BCUT2D eigenvalue weighted by Gasteiger charge is -2.10. The van der Waals surface area contributed by atoms with Gasteiger partial charge in [-0.1, -0.05) is 59.7 Å². The predicted octanol–water partition coefficient (Wildman–Crippen LogP) is 3.99. The van der Waals surface area contributed by atoms with Crippen molar-refractivity contribution in [1.29, 1.82) is 0 Å². The minimum Gasteiger partial charge on any atom is -0.282 e. The number of rotatable bonds is 2. The number of hydrogen-bond donors (Lipinski definition) is 0. The Morgan fingerprint density at radius 2 is 1.00 bits per heavy atom. The Hall–Kier alpha value is -2.22. The maximum atomic E-state index is 4.79. The number of nitrogens with zero attached hydrogens (tertiary/aromatic N) is 2. The summed E-state index contributed by atoms with van der Waals surface area (Å²) >= 11 is 0. The predicted molar refractivity (Wildman–Crippen MR) is 89.8 cm³/mol. The van der Waals surface area contributed by atoms with Crippen LogP contribution in [0, 0.1) is 13.8 Å². The molecule has 0 fully saturated rings. The molecular formula is C19H20N2. The van der Waals surface area contributed by atoms with Crippen molar-refractivity contribution in [2.24, 2.45) is 9.98 Å². The SMILES string of the molecule is Cc1ccc(C2=NCCCN=C2c2ccc(C)cc2)cc1. The highest BCUT2D eigenvalue weighted by atomic mass is 14.8. The fourth-order valence-electron chi connectivity index (χ4n) is 2.48. The molecule has 0 unspecified atom stereocenters. The van der Waals surface area contributed by atoms with Crippen molar-refractivity contribution < 1.29 is 0 Å². The molecule has 0 spiro atoms. The third kappa shape index (κ3) is 3.10. The quantitative estimate of drug-likeness (QED) is 0.792. The molecular weight excluding hydrogens is 256 g/mol. The van der Waals surface area contributed by atoms with Gasteiger partial charge in [0.1, 0.15) is 0 Å². The van der Waals surface area contributed by atoms with Gasteiger partial charge in [-0.05, 0) is 20.3 Å². The summed E-state index contributed by atoms with van der Waals surface area (Å²) in [7, 11) is 0. The molecule has 0 bridgehead atoms. The molecule has 0 radical (unpaired) electrons. The number of benzene rings is 2. The van der Waals surface area contributed by atoms with Gasteiger partial charge in [0.15, 0.2) is 0 Å². The van der Waals surface area contributed by atoms with Gasteiger partial charge in [-0.3, -0.25) is 9.98 Å². The molecule has 0 aromatic heterocycles. The molecule has 2 aromatic rings. The van der Waals surface area contributed by atoms with Crippen molar-refractivity contribution in [3.63, 3.8) is 0 Å². The number of aliphatic imine (C=N–C) groups is 2. The zero-order valence-corrected chi connectivity index (χ0v) is 12.6. The molecule has 2 heteroatoms. The molecule has 1 heterocycles. The van der Waals surface area contributed by atoms with Gasteiger partial charge in [0.05, 0.1) is 11.4 Å². The van der Waals surface area contributed by atoms with Crippen LogP contribution in [0.1, 0.15) is 28.7 Å². The van der Waals surface area contributed by atoms with E-state index in [2.05, 4.69) is 62.4 Å². The molecule has 1 aliphatic heterocycles. The summed E-state index contributed by atoms with van der Waals surface area (Å²) in [5.74, 6) is 0. The molecule has 21 heavy (non-hydrogen) atoms. The summed E-state index contributed by atoms with van der Waals surface area (Å²) in [4.78, 5) is 9.58. The van der Waals surface area contributed by atoms with Crippen molar-refractivity contribution in [3.8, 4) is 0 Å². The van der Waals surface area contributed by atoms with Gasteiger partial charge in [0, 0.05) is 24.2 Å². The molecule has 2 aromatic carbocycles. The van der Waals surface area contributed by atoms with E-state index >= 15 is 0 Å². The van der Waals surface area contributed by atoms with E-state index in [0.29, 0.717) is 0 Å². The molecule has 0 N–H and O–H groups in total. The number of aryl methyl sites for hydroxylation is 2. The molecule has 0 atom stereocenters. The van der Waals surface area contributed by atoms with Crippen molar-refractivity contribution in [2.75, 3.05) is 13.1 Å². The van der Waals surface area contributed by atoms with Crippen molar-refractivity contribution in [3.05, 3.63) is 70.8 Å². The van der Waals surface area contributed by atoms with Gasteiger partial charge >= 0.3 is 0 Å². The van der Waals surface area contributed by atoms with Crippen LogP contribution in [0.5, 0.6) is 0 Å². The van der Waals surface area contributed by atoms with Crippen molar-refractivity contribution in [2.45, 2.75) is 20.3 Å². The van der Waals surface area contributed by atoms with E-state index in [4.69, 9.17) is 9.98 Å². The van der Waals surface area contributed by atoms with Crippen LogP contribution in [-0.2, 0) is 0 Å². The molecule has 2 nitrogen and oxygen atoms in total. The summed E-state index contributed by atoms with van der Waals surface area (Å²) < 4.78 is 0. The second kappa shape index (κ2) is 6.04. The number of hydrogen-bond acceptors (Lipinski definition) is 2. The second-order valence-electron chi connectivity index (χ2n) is 5.55. The largest absolute Gasteiger partial charge is 0.282 e. The zero-order valence-electron chi connectivity index (χ0n) is 12.6. The summed E-state index contributed by atoms with van der Waals surface area (Å²) in [6, 6.07) is 17.1. The van der Waals surface area contributed by atoms with E-state index in [1.807, 2.05) is 0 Å². The average Bonchev–Trinajstić information content (AvgIpc) is 2.75. The third-order valence-electron chi connectivity index (χ3n) is 3.73. The van der Waals surface area contributed by atoms with Crippen LogP contribution in [0.25, 0.3) is 0 Å². The van der Waals surface area contributed by atoms with Crippen molar-refractivity contribution >= 4 is 11.4 Å². The third-order valence-corrected chi connectivity index (χ3v) is 3.73. The first-order chi connectivity index (χ1) is 10.2. The van der Waals surface area contributed by atoms with Gasteiger partial charge in [0.25, 0.3) is 0 Å². The van der Waals surface area contributed by atoms with Crippen LogP contribution < -0.4 is 0 Å². The van der Waals surface area contributed by atoms with Gasteiger partial charge in [-0.2, -0.15) is 0 Å². The highest BCUT2D eigenvalue weighted by Crippen LogP contribution is 2.14. The first-order valence-electron chi connectivity index (χ1n) is 7.47. The van der Waals surface area contributed by atoms with E-state index in [1.165, 1.54) is 11.1 Å². The first kappa shape index (κ1) is 13.7. The molecule has 0 saturated heterocycles. The highest BCUT2D eigenvalue weighted by Gasteiger charge is 2.15. The molecule has 0 aliphatic carbocycles. The summed E-state index contributed by atoms with van der Waals surface area (Å²) in [5, 5.41) is 0. The monoisotopic (exact) mass is 276 g/mol. The normalized spacial score (nSPS) is 15.1. The van der Waals surface area contributed by atoms with E-state index < -0.39 is 0 Å². The second-order valence-corrected chi connectivity index (χ2v) is 5.55. The zero-order chi connectivity index (χ0) is 14.7. The Labute approximate surface area is 126 Å². The smallest absolute Gasteiger partial charge is 0.0904 e. The molecule has 106 valence electrons. The fourth-order valence-corrected chi connectivity index (χ4v) is 2.48. The van der Waals surface area contributed by atoms with Crippen LogP contribution >= 0.6 is 0 Å². The Morgan fingerprint density at radius 3 is 1.38 bits per heavy atom. The maximum absolute atomic E-state index is 4.79. The fraction of sp³-hybridized carbons (Fsp3) is 0.263. The first-order valence-corrected chi connectivity index (χ1v) is 7.47. The lowest BCUT2D eigenvalue weighted by Crippen LogP contribution is -2.17. The van der Waals surface area contributed by atoms with Crippen LogP contribution in [0.15, 0.2) is 58.5 Å². The minimum absolute atomic E-state index is 0.849. The lowest BCUT2D eigenvalue weighted by atomic mass is 9.98. The summed E-state index contributed by atoms with van der Waals surface area (Å²) in [6.07, 6.45) is 1.02. The summed E-state index contributed by atoms with van der Waals surface area (Å²) in [5.41, 5.74) is 6.89. The maximum Gasteiger partial charge on any atom is 0.0904 e. The molecule has 0 saturated carbocycles. The molecule has 3 rings (SSSR count). The standard InChI is InChI=1S/C19H20N2/c1-14-4-8-16(9-5-14)18-19(21-13-3-12-20-18)17-10-6-15(2)7-11-17/h4-11H,3,12-13H2,1-2H3. The van der Waals surface area contributed by atoms with E-state index in [1.54, 1.807) is 0 Å². The van der Waals surface area contributed by atoms with E-state index in [9.17, 15) is 0 Å². The Bertz CT molecular complexity index is 615. The van der Waals surface area contributed by atoms with Gasteiger partial charge in [0.2, 0.25) is 0 Å². The van der Waals surface area contributed by atoms with Crippen LogP contribution in [0.4, 0.5) is 0 Å². The van der Waals surface area contributed by atoms with Gasteiger partial charge < -0.3 is 0 Å². The van der Waals surface area contributed by atoms with Crippen LogP contribution in [-0.4, -0.2) is 24.5 Å². The van der Waals surface area contributed by atoms with Gasteiger partial charge in [-0.15, -0.1) is 0 Å². The van der Waals surface area contributed by atoms with Crippen molar-refractivity contribution in [1.82, 2.24) is 0 Å². The average molecular weight is 276 g/mol. The Kier molecular flexibility index (Phi) is 3.96. The Morgan fingerprint density at radius 1 is 0.619 bits per heavy atom. The lowest BCUT2D eigenvalue weighted by molar-refractivity contribution is 0.857. The molecule has 0 amide bonds. The molecule has 1 aliphatic rings. The van der Waals surface area contributed by atoms with Gasteiger partial charge in [-0.25, -0.2) is 0 Å². The van der Waals surface area contributed by atoms with E-state index in [-0.39, 0.29) is 0 Å². The summed E-state index contributed by atoms with van der Waals surface area (Å²) in [6.45, 7) is 5.91. The topological polar surface area (TPSA) is 24.7 Å². The Balaban J connectivity index is 2.05. The van der Waals surface area contributed by atoms with Crippen LogP contribution in [0.3, 0.4) is 0 Å². The van der Waals surface area contributed by atoms with E-state index in [0.717, 1.165) is 42.1 Å². The van der Waals surface area contributed by atoms with Crippen LogP contribution in [0.2, 0.25) is 0 Å². The highest BCUT2D eigenvalue weighted by molar-refractivity contribution is 6.53. The minimum atomic E-state index is 0.849.